The van der Waals surface area contributed by atoms with Crippen molar-refractivity contribution in [2.24, 2.45) is 0 Å². The summed E-state index contributed by atoms with van der Waals surface area (Å²) in [7, 11) is 0. The third kappa shape index (κ3) is 3.00. The molecule has 0 fully saturated rings. The monoisotopic (exact) mass is 215 g/mol. The van der Waals surface area contributed by atoms with Gasteiger partial charge in [0.25, 0.3) is 0 Å². The smallest absolute Gasteiger partial charge is 0.0831 e. The number of hydrogen-bond donors (Lipinski definition) is 1. The minimum Gasteiger partial charge on any atom is -0.311 e. The number of halogens is 1. The molecule has 0 spiro atoms. The summed E-state index contributed by atoms with van der Waals surface area (Å²) in [6.07, 6.45) is 3.94. The average molecular weight is 216 g/mol. The van der Waals surface area contributed by atoms with E-state index in [1.54, 1.807) is 6.20 Å². The minimum absolute atomic E-state index is 0.766. The molecule has 0 unspecified atom stereocenters. The quantitative estimate of drug-likeness (QED) is 0.739. The number of nitrogens with zero attached hydrogens (tertiary/aromatic N) is 2. The molecule has 0 atom stereocenters. The van der Waals surface area contributed by atoms with E-state index in [4.69, 9.17) is 11.6 Å². The van der Waals surface area contributed by atoms with Crippen molar-refractivity contribution < 1.29 is 0 Å². The Morgan fingerprint density at radius 3 is 2.86 bits per heavy atom. The zero-order valence-electron chi connectivity index (χ0n) is 8.89. The van der Waals surface area contributed by atoms with E-state index in [9.17, 15) is 0 Å². The van der Waals surface area contributed by atoms with Gasteiger partial charge in [-0.3, -0.25) is 4.68 Å². The van der Waals surface area contributed by atoms with Crippen LogP contribution in [0.1, 0.15) is 32.4 Å². The highest BCUT2D eigenvalue weighted by molar-refractivity contribution is 6.31. The van der Waals surface area contributed by atoms with Crippen molar-refractivity contribution in [1.29, 1.82) is 0 Å². The van der Waals surface area contributed by atoms with Gasteiger partial charge in [-0.25, -0.2) is 0 Å². The summed E-state index contributed by atoms with van der Waals surface area (Å²) in [5, 5.41) is 8.33. The Labute approximate surface area is 90.4 Å². The van der Waals surface area contributed by atoms with Gasteiger partial charge in [0.2, 0.25) is 0 Å². The molecule has 1 heterocycles. The predicted octanol–water partition coefficient (Wildman–Crippen LogP) is 2.45. The standard InChI is InChI=1S/C10H18ClN3/c1-3-5-12-8-10-9(11)7-13-14(10)6-4-2/h7,12H,3-6,8H2,1-2H3. The number of aromatic nitrogens is 2. The molecule has 0 radical (unpaired) electrons. The number of aryl methyl sites for hydroxylation is 1. The SMILES string of the molecule is CCCNCc1c(Cl)cnn1CCC. The van der Waals surface area contributed by atoms with Gasteiger partial charge in [-0.05, 0) is 19.4 Å². The fraction of sp³-hybridized carbons (Fsp3) is 0.700. The molecular formula is C10H18ClN3. The molecule has 0 aliphatic rings. The van der Waals surface area contributed by atoms with Gasteiger partial charge in [-0.15, -0.1) is 0 Å². The first kappa shape index (κ1) is 11.5. The fourth-order valence-electron chi connectivity index (χ4n) is 1.35. The highest BCUT2D eigenvalue weighted by Crippen LogP contribution is 2.14. The molecule has 1 N–H and O–H groups in total. The molecule has 0 saturated heterocycles. The Bertz CT molecular complexity index is 270. The van der Waals surface area contributed by atoms with Crippen LogP contribution in [0.5, 0.6) is 0 Å². The summed E-state index contributed by atoms with van der Waals surface area (Å²) in [4.78, 5) is 0. The Kier molecular flexibility index (Phi) is 4.98. The first-order valence-corrected chi connectivity index (χ1v) is 5.58. The molecule has 3 nitrogen and oxygen atoms in total. The molecule has 0 bridgehead atoms. The van der Waals surface area contributed by atoms with E-state index in [2.05, 4.69) is 24.3 Å². The lowest BCUT2D eigenvalue weighted by atomic mass is 10.4. The van der Waals surface area contributed by atoms with Crippen LogP contribution >= 0.6 is 11.6 Å². The Morgan fingerprint density at radius 1 is 1.43 bits per heavy atom. The molecule has 14 heavy (non-hydrogen) atoms. The normalized spacial score (nSPS) is 10.8. The van der Waals surface area contributed by atoms with Gasteiger partial charge in [0.15, 0.2) is 0 Å². The second-order valence-electron chi connectivity index (χ2n) is 3.34. The highest BCUT2D eigenvalue weighted by Gasteiger charge is 2.07. The van der Waals surface area contributed by atoms with Gasteiger partial charge in [-0.2, -0.15) is 5.10 Å². The van der Waals surface area contributed by atoms with Gasteiger partial charge < -0.3 is 5.32 Å². The van der Waals surface area contributed by atoms with E-state index >= 15 is 0 Å². The van der Waals surface area contributed by atoms with Crippen molar-refractivity contribution in [2.75, 3.05) is 6.54 Å². The molecule has 80 valence electrons. The summed E-state index contributed by atoms with van der Waals surface area (Å²) in [6.45, 7) is 7.06. The van der Waals surface area contributed by atoms with E-state index in [-0.39, 0.29) is 0 Å². The molecule has 4 heteroatoms. The van der Waals surface area contributed by atoms with Crippen molar-refractivity contribution in [3.63, 3.8) is 0 Å². The van der Waals surface area contributed by atoms with Gasteiger partial charge in [-0.1, -0.05) is 25.4 Å². The molecule has 0 saturated carbocycles. The minimum atomic E-state index is 0.766. The van der Waals surface area contributed by atoms with Crippen LogP contribution in [0.4, 0.5) is 0 Å². The van der Waals surface area contributed by atoms with Crippen LogP contribution < -0.4 is 5.32 Å². The molecule has 0 aliphatic heterocycles. The van der Waals surface area contributed by atoms with Crippen molar-refractivity contribution in [3.05, 3.63) is 16.9 Å². The maximum Gasteiger partial charge on any atom is 0.0831 e. The average Bonchev–Trinajstić information content (AvgIpc) is 2.50. The first-order chi connectivity index (χ1) is 6.79. The first-order valence-electron chi connectivity index (χ1n) is 5.20. The fourth-order valence-corrected chi connectivity index (χ4v) is 1.56. The summed E-state index contributed by atoms with van der Waals surface area (Å²) >= 11 is 6.04. The molecule has 0 aliphatic carbocycles. The van der Waals surface area contributed by atoms with Crippen molar-refractivity contribution in [3.8, 4) is 0 Å². The second kappa shape index (κ2) is 6.04. The predicted molar refractivity (Wildman–Crippen MR) is 59.5 cm³/mol. The lowest BCUT2D eigenvalue weighted by Gasteiger charge is -2.07. The molecule has 0 aromatic carbocycles. The molecular weight excluding hydrogens is 198 g/mol. The Hall–Kier alpha value is -0.540. The number of nitrogens with one attached hydrogen (secondary N) is 1. The summed E-state index contributed by atoms with van der Waals surface area (Å²) in [5.41, 5.74) is 1.10. The van der Waals surface area contributed by atoms with Crippen LogP contribution in [0.3, 0.4) is 0 Å². The van der Waals surface area contributed by atoms with E-state index in [0.717, 1.165) is 43.2 Å². The van der Waals surface area contributed by atoms with Crippen LogP contribution in [0.25, 0.3) is 0 Å². The lowest BCUT2D eigenvalue weighted by molar-refractivity contribution is 0.549. The van der Waals surface area contributed by atoms with Crippen LogP contribution in [0.2, 0.25) is 5.02 Å². The maximum atomic E-state index is 6.04. The summed E-state index contributed by atoms with van der Waals surface area (Å²) in [5.74, 6) is 0. The highest BCUT2D eigenvalue weighted by atomic mass is 35.5. The van der Waals surface area contributed by atoms with Crippen LogP contribution in [-0.4, -0.2) is 16.3 Å². The topological polar surface area (TPSA) is 29.9 Å². The molecule has 1 aromatic heterocycles. The van der Waals surface area contributed by atoms with E-state index < -0.39 is 0 Å². The largest absolute Gasteiger partial charge is 0.311 e. The van der Waals surface area contributed by atoms with Crippen molar-refractivity contribution >= 4 is 11.6 Å². The Morgan fingerprint density at radius 2 is 2.21 bits per heavy atom. The van der Waals surface area contributed by atoms with Gasteiger partial charge >= 0.3 is 0 Å². The summed E-state index contributed by atoms with van der Waals surface area (Å²) in [6, 6.07) is 0. The van der Waals surface area contributed by atoms with E-state index in [1.807, 2.05) is 4.68 Å². The van der Waals surface area contributed by atoms with Gasteiger partial charge in [0.05, 0.1) is 16.9 Å². The van der Waals surface area contributed by atoms with E-state index in [0.29, 0.717) is 0 Å². The Balaban J connectivity index is 2.57. The number of hydrogen-bond acceptors (Lipinski definition) is 2. The van der Waals surface area contributed by atoms with Crippen LogP contribution in [0.15, 0.2) is 6.20 Å². The van der Waals surface area contributed by atoms with Crippen LogP contribution in [-0.2, 0) is 13.1 Å². The third-order valence-corrected chi connectivity index (χ3v) is 2.37. The maximum absolute atomic E-state index is 6.04. The van der Waals surface area contributed by atoms with Crippen molar-refractivity contribution in [2.45, 2.75) is 39.8 Å². The molecule has 1 aromatic rings. The second-order valence-corrected chi connectivity index (χ2v) is 3.75. The number of rotatable bonds is 6. The molecule has 1 rings (SSSR count). The zero-order chi connectivity index (χ0) is 10.4. The van der Waals surface area contributed by atoms with Crippen molar-refractivity contribution in [1.82, 2.24) is 15.1 Å². The van der Waals surface area contributed by atoms with Gasteiger partial charge in [0, 0.05) is 13.1 Å². The molecule has 0 amide bonds. The van der Waals surface area contributed by atoms with Crippen LogP contribution in [0, 0.1) is 0 Å². The lowest BCUT2D eigenvalue weighted by Crippen LogP contribution is -2.17. The summed E-state index contributed by atoms with van der Waals surface area (Å²) < 4.78 is 1.98. The van der Waals surface area contributed by atoms with E-state index in [1.165, 1.54) is 0 Å². The third-order valence-electron chi connectivity index (χ3n) is 2.05. The van der Waals surface area contributed by atoms with Gasteiger partial charge in [0.1, 0.15) is 0 Å². The zero-order valence-corrected chi connectivity index (χ0v) is 9.64.